The molecule has 4 aromatic heterocycles. The maximum absolute atomic E-state index is 4.89. The van der Waals surface area contributed by atoms with E-state index in [2.05, 4.69) is 358 Å². The number of rotatable bonds is 7. The molecule has 0 unspecified atom stereocenters. The van der Waals surface area contributed by atoms with Gasteiger partial charge in [0.2, 0.25) is 0 Å². The third kappa shape index (κ3) is 15.3. The van der Waals surface area contributed by atoms with Crippen molar-refractivity contribution in [2.75, 3.05) is 0 Å². The van der Waals surface area contributed by atoms with E-state index >= 15 is 0 Å². The van der Waals surface area contributed by atoms with Crippen molar-refractivity contribution >= 4 is 129 Å². The minimum atomic E-state index is 0. The molecule has 0 fully saturated rings. The van der Waals surface area contributed by atoms with Crippen molar-refractivity contribution < 1.29 is 80.4 Å². The molecule has 23 aromatic rings. The second-order valence-electron chi connectivity index (χ2n) is 28.6. The number of nitrogens with zero attached hydrogens (tertiary/aromatic N) is 4. The normalized spacial score (nSPS) is 10.9. The summed E-state index contributed by atoms with van der Waals surface area (Å²) in [6.45, 7) is 0. The summed E-state index contributed by atoms with van der Waals surface area (Å²) < 4.78 is 0. The van der Waals surface area contributed by atoms with Gasteiger partial charge in [-0.1, -0.05) is 332 Å². The molecule has 19 aromatic carbocycles. The standard InChI is InChI=1S/3C29H18N.C23H14N.4Ir/c1-2-10-20(11-3-1)21-12-4-9-17-26(21)29-18-27-24-15-7-5-13-22(24)23-14-6-8-16-25(23)28(27)19-30-29;1-2-9-20(10-3-1)21-11-8-12-22(17-21)29-18-27-25-15-6-4-13-23(25)24-14-5-7-16-26(24)28(27)19-30-29;1-2-8-20(9-3-1)21-14-16-22(17-15-21)29-18-27-25-12-6-4-10-23(25)24-11-5-7-13-26(24)28(27)19-30-29;1-2-8-16(9-3-1)23-14-21-19-12-6-4-10-17(19)18-11-5-7-13-20(18)22(21)15-24-23;;;;/h1-16,18-19H;1-11,13-19H;1-16,18-19H;1-8,10-15H;;;;/q4*-1;;;;. The Bertz CT molecular complexity index is 7460. The molecule has 4 nitrogen and oxygen atoms in total. The molecule has 0 bridgehead atoms. The van der Waals surface area contributed by atoms with Crippen molar-refractivity contribution in [3.63, 3.8) is 0 Å². The first-order chi connectivity index (χ1) is 56.6. The first kappa shape index (κ1) is 79.3. The van der Waals surface area contributed by atoms with Gasteiger partial charge in [-0.15, -0.1) is 131 Å². The van der Waals surface area contributed by atoms with E-state index in [1.807, 2.05) is 79.4 Å². The van der Waals surface area contributed by atoms with Gasteiger partial charge in [-0.2, -0.15) is 0 Å². The maximum Gasteiger partial charge on any atom is 0.0245 e. The van der Waals surface area contributed by atoms with Crippen molar-refractivity contribution in [2.45, 2.75) is 0 Å². The van der Waals surface area contributed by atoms with Crippen molar-refractivity contribution in [1.29, 1.82) is 0 Å². The van der Waals surface area contributed by atoms with E-state index in [9.17, 15) is 0 Å². The number of aromatic nitrogens is 4. The van der Waals surface area contributed by atoms with Crippen molar-refractivity contribution in [3.8, 4) is 78.4 Å². The zero-order valence-electron chi connectivity index (χ0n) is 63.4. The second-order valence-corrected chi connectivity index (χ2v) is 28.6. The minimum absolute atomic E-state index is 0. The van der Waals surface area contributed by atoms with Gasteiger partial charge in [0, 0.05) is 127 Å². The van der Waals surface area contributed by atoms with Crippen LogP contribution in [0.4, 0.5) is 0 Å². The summed E-state index contributed by atoms with van der Waals surface area (Å²) in [5, 5.41) is 29.9. The molecule has 0 aliphatic heterocycles. The maximum atomic E-state index is 4.89. The molecule has 0 amide bonds. The van der Waals surface area contributed by atoms with Crippen LogP contribution >= 0.6 is 0 Å². The second kappa shape index (κ2) is 35.5. The Balaban J connectivity index is 0.000000117. The summed E-state index contributed by atoms with van der Waals surface area (Å²) in [6, 6.07) is 149. The van der Waals surface area contributed by atoms with Crippen LogP contribution in [-0.2, 0) is 80.4 Å². The Kier molecular flexibility index (Phi) is 23.9. The zero-order chi connectivity index (χ0) is 75.7. The molecule has 0 aliphatic carbocycles. The smallest absolute Gasteiger partial charge is 0.0245 e. The topological polar surface area (TPSA) is 51.6 Å². The third-order valence-corrected chi connectivity index (χ3v) is 22.1. The van der Waals surface area contributed by atoms with Gasteiger partial charge < -0.3 is 19.9 Å². The quantitative estimate of drug-likeness (QED) is 0.118. The summed E-state index contributed by atoms with van der Waals surface area (Å²) in [5.41, 5.74) is 14.9. The number of hydrogen-bond donors (Lipinski definition) is 0. The molecule has 0 saturated carbocycles. The molecule has 0 saturated heterocycles. The summed E-state index contributed by atoms with van der Waals surface area (Å²) >= 11 is 0. The van der Waals surface area contributed by atoms with E-state index in [0.29, 0.717) is 0 Å². The molecule has 4 heterocycles. The Hall–Kier alpha value is -12.5. The van der Waals surface area contributed by atoms with E-state index < -0.39 is 0 Å². The largest absolute Gasteiger partial charge is 0.304 e. The number of fused-ring (bicyclic) bond motifs is 24. The van der Waals surface area contributed by atoms with Crippen LogP contribution in [0.15, 0.2) is 413 Å². The Morgan fingerprint density at radius 3 is 0.805 bits per heavy atom. The molecule has 8 heteroatoms. The van der Waals surface area contributed by atoms with Crippen LogP contribution in [0.25, 0.3) is 208 Å². The fraction of sp³-hybridized carbons (Fsp3) is 0. The average molecular weight is 2210 g/mol. The Morgan fingerprint density at radius 2 is 0.449 bits per heavy atom. The van der Waals surface area contributed by atoms with Gasteiger partial charge in [-0.3, -0.25) is 0 Å². The fourth-order valence-corrected chi connectivity index (χ4v) is 16.7. The summed E-state index contributed by atoms with van der Waals surface area (Å²) in [7, 11) is 0. The molecule has 118 heavy (non-hydrogen) atoms. The molecular formula is C110H68Ir4N4-4. The predicted octanol–water partition coefficient (Wildman–Crippen LogP) is 29.0. The molecule has 0 spiro atoms. The van der Waals surface area contributed by atoms with E-state index in [1.54, 1.807) is 0 Å². The van der Waals surface area contributed by atoms with Gasteiger partial charge in [-0.25, -0.2) is 0 Å². The number of hydrogen-bond acceptors (Lipinski definition) is 4. The molecule has 4 radical (unpaired) electrons. The van der Waals surface area contributed by atoms with Crippen LogP contribution in [-0.4, -0.2) is 19.9 Å². The minimum Gasteiger partial charge on any atom is -0.304 e. The molecule has 23 rings (SSSR count). The van der Waals surface area contributed by atoms with Crippen LogP contribution in [0.3, 0.4) is 0 Å². The average Bonchev–Trinajstić information content (AvgIpc) is 0.757. The molecule has 0 aliphatic rings. The summed E-state index contributed by atoms with van der Waals surface area (Å²) in [6.07, 6.45) is 8.05. The zero-order valence-corrected chi connectivity index (χ0v) is 73.0. The van der Waals surface area contributed by atoms with E-state index in [4.69, 9.17) is 19.9 Å². The van der Waals surface area contributed by atoms with E-state index in [1.165, 1.54) is 152 Å². The van der Waals surface area contributed by atoms with Crippen molar-refractivity contribution in [3.05, 3.63) is 437 Å². The Labute approximate surface area is 738 Å². The van der Waals surface area contributed by atoms with Gasteiger partial charge in [0.05, 0.1) is 0 Å². The first-order valence-corrected chi connectivity index (χ1v) is 38.5. The van der Waals surface area contributed by atoms with Gasteiger partial charge in [0.1, 0.15) is 0 Å². The van der Waals surface area contributed by atoms with Gasteiger partial charge in [-0.05, 0) is 136 Å². The molecule has 568 valence electrons. The summed E-state index contributed by atoms with van der Waals surface area (Å²) in [4.78, 5) is 19.2. The fourth-order valence-electron chi connectivity index (χ4n) is 16.7. The van der Waals surface area contributed by atoms with Crippen LogP contribution in [0.2, 0.25) is 0 Å². The third-order valence-electron chi connectivity index (χ3n) is 22.1. The van der Waals surface area contributed by atoms with Gasteiger partial charge in [0.15, 0.2) is 0 Å². The van der Waals surface area contributed by atoms with Crippen molar-refractivity contribution in [2.24, 2.45) is 0 Å². The van der Waals surface area contributed by atoms with E-state index in [-0.39, 0.29) is 80.4 Å². The number of benzene rings is 19. The van der Waals surface area contributed by atoms with Crippen LogP contribution in [0.1, 0.15) is 0 Å². The van der Waals surface area contributed by atoms with Crippen LogP contribution in [0.5, 0.6) is 0 Å². The number of pyridine rings is 4. The monoisotopic (exact) mass is 2220 g/mol. The molecule has 0 N–H and O–H groups in total. The predicted molar refractivity (Wildman–Crippen MR) is 480 cm³/mol. The van der Waals surface area contributed by atoms with Crippen LogP contribution in [0, 0.1) is 24.3 Å². The van der Waals surface area contributed by atoms with Gasteiger partial charge in [0.25, 0.3) is 0 Å². The SMILES string of the molecule is [Ir].[Ir].[Ir].[Ir].[c-]1cc(-c2ccccc2)ccc1-c1cc2c3ccccc3c3ccccc3c2cn1.[c-]1ccc(-c2ccccc2)cc1-c1cc2c3ccccc3c3ccccc3c2cn1.[c-]1cccc(-c2ccccc2)c1-c1cc2c3ccccc3c3ccccc3c2cn1.[c-]1ccccc1-c1cc2c3ccccc3c3ccccc3c2cn1. The summed E-state index contributed by atoms with van der Waals surface area (Å²) in [5.74, 6) is 0. The Morgan fingerprint density at radius 1 is 0.161 bits per heavy atom. The van der Waals surface area contributed by atoms with E-state index in [0.717, 1.165) is 56.2 Å². The van der Waals surface area contributed by atoms with Crippen molar-refractivity contribution in [1.82, 2.24) is 19.9 Å². The van der Waals surface area contributed by atoms with Crippen LogP contribution < -0.4 is 0 Å². The molecular weight excluding hydrogens is 2150 g/mol. The molecule has 0 atom stereocenters. The first-order valence-electron chi connectivity index (χ1n) is 38.5. The van der Waals surface area contributed by atoms with Gasteiger partial charge >= 0.3 is 0 Å².